The molecule has 0 bridgehead atoms. The highest BCUT2D eigenvalue weighted by Crippen LogP contribution is 2.29. The molecular weight excluding hydrogens is 481 g/mol. The Labute approximate surface area is 217 Å². The van der Waals surface area contributed by atoms with E-state index in [0.717, 1.165) is 28.0 Å². The second-order valence-electron chi connectivity index (χ2n) is 8.55. The Morgan fingerprint density at radius 3 is 2.39 bits per heavy atom. The highest BCUT2D eigenvalue weighted by atomic mass is 19.1. The SMILES string of the molecule is O=C(Nc1ccc(-c2ccc(F)cc2)nc1)c1n[nH]c2ccc(-c3cncc(Oc4ccccc4)c3)cc12. The first-order chi connectivity index (χ1) is 18.6. The van der Waals surface area contributed by atoms with Gasteiger partial charge in [-0.15, -0.1) is 0 Å². The molecule has 0 atom stereocenters. The van der Waals surface area contributed by atoms with Crippen LogP contribution in [0.15, 0.2) is 110 Å². The molecule has 6 rings (SSSR count). The number of nitrogens with one attached hydrogen (secondary N) is 2. The molecule has 2 N–H and O–H groups in total. The number of H-pyrrole nitrogens is 1. The van der Waals surface area contributed by atoms with Crippen molar-refractivity contribution in [2.45, 2.75) is 0 Å². The highest BCUT2D eigenvalue weighted by Gasteiger charge is 2.16. The number of aromatic amines is 1. The fourth-order valence-corrected chi connectivity index (χ4v) is 4.07. The molecule has 0 saturated carbocycles. The van der Waals surface area contributed by atoms with Crippen molar-refractivity contribution < 1.29 is 13.9 Å². The molecule has 1 amide bonds. The Kier molecular flexibility index (Phi) is 6.03. The average molecular weight is 502 g/mol. The summed E-state index contributed by atoms with van der Waals surface area (Å²) in [6.45, 7) is 0. The molecule has 0 radical (unpaired) electrons. The summed E-state index contributed by atoms with van der Waals surface area (Å²) in [4.78, 5) is 21.8. The Bertz CT molecular complexity index is 1730. The third kappa shape index (κ3) is 4.83. The minimum absolute atomic E-state index is 0.258. The Morgan fingerprint density at radius 2 is 1.61 bits per heavy atom. The number of ether oxygens (including phenoxy) is 1. The van der Waals surface area contributed by atoms with Gasteiger partial charge in [0.05, 0.1) is 29.3 Å². The molecule has 6 aromatic rings. The number of pyridine rings is 2. The lowest BCUT2D eigenvalue weighted by Gasteiger charge is -2.08. The van der Waals surface area contributed by atoms with Gasteiger partial charge in [-0.05, 0) is 72.3 Å². The Morgan fingerprint density at radius 1 is 0.789 bits per heavy atom. The van der Waals surface area contributed by atoms with Crippen LogP contribution in [0.25, 0.3) is 33.3 Å². The number of anilines is 1. The van der Waals surface area contributed by atoms with Crippen molar-refractivity contribution in [3.63, 3.8) is 0 Å². The number of rotatable bonds is 6. The summed E-state index contributed by atoms with van der Waals surface area (Å²) in [5.74, 6) is 0.645. The number of para-hydroxylation sites is 1. The molecule has 7 nitrogen and oxygen atoms in total. The van der Waals surface area contributed by atoms with Crippen LogP contribution in [0.3, 0.4) is 0 Å². The van der Waals surface area contributed by atoms with Crippen molar-refractivity contribution >= 4 is 22.5 Å². The Hall–Kier alpha value is -5.37. The zero-order chi connectivity index (χ0) is 25.9. The number of carbonyl (C=O) groups excluding carboxylic acids is 1. The van der Waals surface area contributed by atoms with Crippen LogP contribution < -0.4 is 10.1 Å². The van der Waals surface area contributed by atoms with E-state index in [1.54, 1.807) is 42.9 Å². The summed E-state index contributed by atoms with van der Waals surface area (Å²) in [6.07, 6.45) is 4.95. The Balaban J connectivity index is 1.23. The van der Waals surface area contributed by atoms with E-state index in [0.29, 0.717) is 22.5 Å². The van der Waals surface area contributed by atoms with Crippen LogP contribution in [0.5, 0.6) is 11.5 Å². The van der Waals surface area contributed by atoms with E-state index in [2.05, 4.69) is 25.5 Å². The van der Waals surface area contributed by atoms with Crippen LogP contribution in [0.1, 0.15) is 10.5 Å². The molecule has 0 unspecified atom stereocenters. The second-order valence-corrected chi connectivity index (χ2v) is 8.55. The molecule has 3 heterocycles. The fourth-order valence-electron chi connectivity index (χ4n) is 4.07. The van der Waals surface area contributed by atoms with Crippen molar-refractivity contribution in [1.82, 2.24) is 20.2 Å². The summed E-state index contributed by atoms with van der Waals surface area (Å²) in [5.41, 5.74) is 4.66. The normalized spacial score (nSPS) is 10.9. The number of benzene rings is 3. The number of hydrogen-bond donors (Lipinski definition) is 2. The van der Waals surface area contributed by atoms with Gasteiger partial charge in [0.15, 0.2) is 5.69 Å². The molecule has 0 aliphatic carbocycles. The predicted molar refractivity (Wildman–Crippen MR) is 143 cm³/mol. The van der Waals surface area contributed by atoms with Crippen molar-refractivity contribution in [3.8, 4) is 33.9 Å². The van der Waals surface area contributed by atoms with E-state index < -0.39 is 0 Å². The number of hydrogen-bond acceptors (Lipinski definition) is 5. The van der Waals surface area contributed by atoms with Crippen LogP contribution in [0.4, 0.5) is 10.1 Å². The van der Waals surface area contributed by atoms with Crippen LogP contribution in [0.2, 0.25) is 0 Å². The quantitative estimate of drug-likeness (QED) is 0.260. The van der Waals surface area contributed by atoms with Gasteiger partial charge in [-0.3, -0.25) is 19.9 Å². The van der Waals surface area contributed by atoms with Crippen LogP contribution in [0, 0.1) is 5.82 Å². The minimum atomic E-state index is -0.371. The first-order valence-electron chi connectivity index (χ1n) is 11.8. The third-order valence-electron chi connectivity index (χ3n) is 5.96. The van der Waals surface area contributed by atoms with Crippen molar-refractivity contribution in [1.29, 1.82) is 0 Å². The molecule has 0 fully saturated rings. The summed E-state index contributed by atoms with van der Waals surface area (Å²) >= 11 is 0. The number of halogens is 1. The van der Waals surface area contributed by atoms with Crippen LogP contribution in [-0.2, 0) is 0 Å². The lowest BCUT2D eigenvalue weighted by Crippen LogP contribution is -2.13. The monoisotopic (exact) mass is 501 g/mol. The largest absolute Gasteiger partial charge is 0.456 e. The lowest BCUT2D eigenvalue weighted by molar-refractivity contribution is 0.102. The maximum atomic E-state index is 13.2. The molecule has 3 aromatic heterocycles. The van der Waals surface area contributed by atoms with Crippen molar-refractivity contribution in [3.05, 3.63) is 121 Å². The number of aromatic nitrogens is 4. The fraction of sp³-hybridized carbons (Fsp3) is 0. The van der Waals surface area contributed by atoms with Crippen LogP contribution >= 0.6 is 0 Å². The van der Waals surface area contributed by atoms with Gasteiger partial charge in [0.25, 0.3) is 5.91 Å². The number of fused-ring (bicyclic) bond motifs is 1. The molecule has 38 heavy (non-hydrogen) atoms. The maximum Gasteiger partial charge on any atom is 0.276 e. The van der Waals surface area contributed by atoms with E-state index in [9.17, 15) is 9.18 Å². The van der Waals surface area contributed by atoms with Gasteiger partial charge in [-0.1, -0.05) is 24.3 Å². The lowest BCUT2D eigenvalue weighted by atomic mass is 10.0. The second kappa shape index (κ2) is 9.94. The van der Waals surface area contributed by atoms with Gasteiger partial charge in [0, 0.05) is 22.7 Å². The number of nitrogens with zero attached hydrogens (tertiary/aromatic N) is 3. The molecule has 3 aromatic carbocycles. The van der Waals surface area contributed by atoms with E-state index in [-0.39, 0.29) is 17.4 Å². The summed E-state index contributed by atoms with van der Waals surface area (Å²) in [6, 6.07) is 26.7. The topological polar surface area (TPSA) is 92.8 Å². The molecule has 8 heteroatoms. The van der Waals surface area contributed by atoms with E-state index >= 15 is 0 Å². The highest BCUT2D eigenvalue weighted by molar-refractivity contribution is 6.11. The van der Waals surface area contributed by atoms with E-state index in [1.165, 1.54) is 12.1 Å². The predicted octanol–water partition coefficient (Wildman–Crippen LogP) is 6.87. The number of amides is 1. The zero-order valence-electron chi connectivity index (χ0n) is 19.9. The van der Waals surface area contributed by atoms with Crippen molar-refractivity contribution in [2.75, 3.05) is 5.32 Å². The zero-order valence-corrected chi connectivity index (χ0v) is 19.9. The standard InChI is InChI=1S/C30H20FN5O2/c31-22-9-6-19(7-10-22)27-13-11-23(17-33-27)34-30(37)29-26-15-20(8-12-28(26)35-36-29)21-14-25(18-32-16-21)38-24-4-2-1-3-5-24/h1-18H,(H,34,37)(H,35,36). The van der Waals surface area contributed by atoms with Gasteiger partial charge < -0.3 is 10.1 Å². The first-order valence-corrected chi connectivity index (χ1v) is 11.8. The summed E-state index contributed by atoms with van der Waals surface area (Å²) < 4.78 is 19.1. The van der Waals surface area contributed by atoms with Gasteiger partial charge >= 0.3 is 0 Å². The molecular formula is C30H20FN5O2. The molecule has 0 aliphatic heterocycles. The third-order valence-corrected chi connectivity index (χ3v) is 5.96. The van der Waals surface area contributed by atoms with Crippen LogP contribution in [-0.4, -0.2) is 26.1 Å². The van der Waals surface area contributed by atoms with Gasteiger partial charge in [0.1, 0.15) is 17.3 Å². The smallest absolute Gasteiger partial charge is 0.276 e. The van der Waals surface area contributed by atoms with E-state index in [4.69, 9.17) is 4.74 Å². The number of carbonyl (C=O) groups is 1. The van der Waals surface area contributed by atoms with E-state index in [1.807, 2.05) is 54.6 Å². The van der Waals surface area contributed by atoms with Gasteiger partial charge in [-0.2, -0.15) is 5.10 Å². The molecule has 0 saturated heterocycles. The molecule has 0 aliphatic rings. The summed E-state index contributed by atoms with van der Waals surface area (Å²) in [7, 11) is 0. The minimum Gasteiger partial charge on any atom is -0.456 e. The van der Waals surface area contributed by atoms with Crippen molar-refractivity contribution in [2.24, 2.45) is 0 Å². The summed E-state index contributed by atoms with van der Waals surface area (Å²) in [5, 5.41) is 10.7. The maximum absolute atomic E-state index is 13.2. The van der Waals surface area contributed by atoms with Gasteiger partial charge in [0.2, 0.25) is 0 Å². The molecule has 0 spiro atoms. The first kappa shape index (κ1) is 23.1. The van der Waals surface area contributed by atoms with Gasteiger partial charge in [-0.25, -0.2) is 4.39 Å². The molecule has 184 valence electrons. The average Bonchev–Trinajstić information content (AvgIpc) is 3.38.